The first-order valence-electron chi connectivity index (χ1n) is 7.36. The molecule has 0 radical (unpaired) electrons. The number of aromatic nitrogens is 1. The first-order valence-corrected chi connectivity index (χ1v) is 7.74. The fraction of sp³-hybridized carbons (Fsp3) is 0.600. The molecule has 1 aromatic rings. The minimum atomic E-state index is -0.137. The molecular formula is C15H22ClN3O2. The van der Waals surface area contributed by atoms with Gasteiger partial charge in [-0.2, -0.15) is 0 Å². The second-order valence-corrected chi connectivity index (χ2v) is 5.83. The molecule has 0 spiro atoms. The zero-order chi connectivity index (χ0) is 15.4. The third-order valence-electron chi connectivity index (χ3n) is 3.31. The summed E-state index contributed by atoms with van der Waals surface area (Å²) in [6.45, 7) is 7.94. The summed E-state index contributed by atoms with van der Waals surface area (Å²) < 4.78 is 5.65. The second-order valence-electron chi connectivity index (χ2n) is 5.42. The normalized spacial score (nSPS) is 22.2. The Balaban J connectivity index is 2.17. The van der Waals surface area contributed by atoms with Gasteiger partial charge >= 0.3 is 0 Å². The summed E-state index contributed by atoms with van der Waals surface area (Å²) in [6, 6.07) is 3.51. The van der Waals surface area contributed by atoms with E-state index in [9.17, 15) is 4.79 Å². The number of halogens is 1. The molecule has 1 fully saturated rings. The van der Waals surface area contributed by atoms with Crippen LogP contribution in [-0.2, 0) is 4.74 Å². The number of carbonyl (C=O) groups excluding carboxylic acids is 1. The molecule has 1 aliphatic rings. The number of hydrogen-bond acceptors (Lipinski definition) is 4. The molecule has 1 N–H and O–H groups in total. The summed E-state index contributed by atoms with van der Waals surface area (Å²) >= 11 is 6.15. The van der Waals surface area contributed by atoms with E-state index in [-0.39, 0.29) is 18.1 Å². The van der Waals surface area contributed by atoms with Crippen LogP contribution in [0.4, 0.5) is 5.82 Å². The fourth-order valence-corrected chi connectivity index (χ4v) is 2.62. The number of nitrogens with one attached hydrogen (secondary N) is 1. The predicted molar refractivity (Wildman–Crippen MR) is 83.9 cm³/mol. The van der Waals surface area contributed by atoms with Gasteiger partial charge < -0.3 is 15.0 Å². The van der Waals surface area contributed by atoms with Crippen LogP contribution in [-0.4, -0.2) is 47.6 Å². The van der Waals surface area contributed by atoms with Gasteiger partial charge in [-0.15, -0.1) is 0 Å². The number of amides is 1. The molecule has 6 heteroatoms. The van der Waals surface area contributed by atoms with E-state index < -0.39 is 0 Å². The van der Waals surface area contributed by atoms with Gasteiger partial charge in [0.05, 0.1) is 17.2 Å². The van der Waals surface area contributed by atoms with Crippen molar-refractivity contribution >= 4 is 23.3 Å². The number of carbonyl (C=O) groups is 1. The molecular weight excluding hydrogens is 290 g/mol. The van der Waals surface area contributed by atoms with E-state index in [0.717, 1.165) is 13.0 Å². The summed E-state index contributed by atoms with van der Waals surface area (Å²) in [7, 11) is 0. The van der Waals surface area contributed by atoms with Gasteiger partial charge in [-0.05, 0) is 32.4 Å². The van der Waals surface area contributed by atoms with Gasteiger partial charge in [0.1, 0.15) is 11.5 Å². The molecule has 21 heavy (non-hydrogen) atoms. The Bertz CT molecular complexity index is 500. The van der Waals surface area contributed by atoms with Gasteiger partial charge in [0.25, 0.3) is 5.91 Å². The van der Waals surface area contributed by atoms with Crippen LogP contribution in [0.1, 0.15) is 37.7 Å². The van der Waals surface area contributed by atoms with E-state index in [0.29, 0.717) is 29.6 Å². The third kappa shape index (κ3) is 4.08. The number of anilines is 1. The fourth-order valence-electron chi connectivity index (χ4n) is 2.44. The lowest BCUT2D eigenvalue weighted by Crippen LogP contribution is -2.48. The maximum atomic E-state index is 12.6. The van der Waals surface area contributed by atoms with Crippen molar-refractivity contribution < 1.29 is 9.53 Å². The highest BCUT2D eigenvalue weighted by Crippen LogP contribution is 2.21. The number of morpholine rings is 1. The summed E-state index contributed by atoms with van der Waals surface area (Å²) in [5.41, 5.74) is 0.305. The Labute approximate surface area is 130 Å². The molecule has 1 aromatic heterocycles. The van der Waals surface area contributed by atoms with E-state index in [4.69, 9.17) is 16.3 Å². The molecule has 2 heterocycles. The number of hydrogen-bond donors (Lipinski definition) is 1. The van der Waals surface area contributed by atoms with Gasteiger partial charge in [0.15, 0.2) is 0 Å². The first-order chi connectivity index (χ1) is 10.0. The van der Waals surface area contributed by atoms with Gasteiger partial charge in [0.2, 0.25) is 0 Å². The van der Waals surface area contributed by atoms with Crippen molar-refractivity contribution in [3.8, 4) is 0 Å². The Morgan fingerprint density at radius 2 is 2.10 bits per heavy atom. The maximum absolute atomic E-state index is 12.6. The van der Waals surface area contributed by atoms with E-state index in [2.05, 4.69) is 17.2 Å². The predicted octanol–water partition coefficient (Wildman–Crippen LogP) is 2.81. The lowest BCUT2D eigenvalue weighted by molar-refractivity contribution is -0.0587. The molecule has 1 aliphatic heterocycles. The molecule has 0 aliphatic carbocycles. The van der Waals surface area contributed by atoms with E-state index in [1.54, 1.807) is 17.0 Å². The Morgan fingerprint density at radius 3 is 2.71 bits per heavy atom. The van der Waals surface area contributed by atoms with Crippen LogP contribution < -0.4 is 5.32 Å². The quantitative estimate of drug-likeness (QED) is 0.929. The summed E-state index contributed by atoms with van der Waals surface area (Å²) in [4.78, 5) is 18.8. The summed E-state index contributed by atoms with van der Waals surface area (Å²) in [6.07, 6.45) is 1.04. The van der Waals surface area contributed by atoms with Gasteiger partial charge in [-0.25, -0.2) is 4.98 Å². The minimum Gasteiger partial charge on any atom is -0.372 e. The van der Waals surface area contributed by atoms with Gasteiger partial charge in [0, 0.05) is 19.6 Å². The molecule has 5 nitrogen and oxygen atoms in total. The zero-order valence-electron chi connectivity index (χ0n) is 12.7. The second kappa shape index (κ2) is 7.09. The van der Waals surface area contributed by atoms with Crippen LogP contribution in [0.15, 0.2) is 12.1 Å². The van der Waals surface area contributed by atoms with E-state index >= 15 is 0 Å². The molecule has 1 saturated heterocycles. The molecule has 0 unspecified atom stereocenters. The topological polar surface area (TPSA) is 54.5 Å². The van der Waals surface area contributed by atoms with Crippen LogP contribution in [0.3, 0.4) is 0 Å². The third-order valence-corrected chi connectivity index (χ3v) is 3.62. The highest BCUT2D eigenvalue weighted by Gasteiger charge is 2.28. The number of pyridine rings is 1. The van der Waals surface area contributed by atoms with E-state index in [1.807, 2.05) is 13.8 Å². The summed E-state index contributed by atoms with van der Waals surface area (Å²) in [5, 5.41) is 3.56. The van der Waals surface area contributed by atoms with Crippen LogP contribution in [0, 0.1) is 0 Å². The average Bonchev–Trinajstić information content (AvgIpc) is 2.44. The van der Waals surface area contributed by atoms with Crippen molar-refractivity contribution in [2.75, 3.05) is 25.0 Å². The first kappa shape index (κ1) is 16.0. The molecule has 2 rings (SSSR count). The SMILES string of the molecule is CCCNc1ccc(Cl)c(C(=O)N2C[C@@H](C)O[C@@H](C)C2)n1. The highest BCUT2D eigenvalue weighted by atomic mass is 35.5. The lowest BCUT2D eigenvalue weighted by Gasteiger charge is -2.35. The molecule has 2 atom stereocenters. The molecule has 1 amide bonds. The Morgan fingerprint density at radius 1 is 1.43 bits per heavy atom. The Kier molecular flexibility index (Phi) is 5.42. The lowest BCUT2D eigenvalue weighted by atomic mass is 10.2. The zero-order valence-corrected chi connectivity index (χ0v) is 13.5. The number of ether oxygens (including phenoxy) is 1. The maximum Gasteiger partial charge on any atom is 0.274 e. The van der Waals surface area contributed by atoms with Gasteiger partial charge in [-0.1, -0.05) is 18.5 Å². The van der Waals surface area contributed by atoms with Crippen molar-refractivity contribution in [1.82, 2.24) is 9.88 Å². The smallest absolute Gasteiger partial charge is 0.274 e. The highest BCUT2D eigenvalue weighted by molar-refractivity contribution is 6.33. The minimum absolute atomic E-state index is 0.0258. The summed E-state index contributed by atoms with van der Waals surface area (Å²) in [5.74, 6) is 0.543. The van der Waals surface area contributed by atoms with Crippen molar-refractivity contribution in [3.63, 3.8) is 0 Å². The van der Waals surface area contributed by atoms with Crippen molar-refractivity contribution in [2.45, 2.75) is 39.4 Å². The van der Waals surface area contributed by atoms with Crippen LogP contribution in [0.2, 0.25) is 5.02 Å². The van der Waals surface area contributed by atoms with Crippen molar-refractivity contribution in [3.05, 3.63) is 22.8 Å². The molecule has 0 bridgehead atoms. The van der Waals surface area contributed by atoms with Crippen LogP contribution in [0.25, 0.3) is 0 Å². The van der Waals surface area contributed by atoms with Crippen LogP contribution in [0.5, 0.6) is 0 Å². The standard InChI is InChI=1S/C15H22ClN3O2/c1-4-7-17-13-6-5-12(16)14(18-13)15(20)19-8-10(2)21-11(3)9-19/h5-6,10-11H,4,7-9H2,1-3H3,(H,17,18)/t10-,11+. The monoisotopic (exact) mass is 311 g/mol. The average molecular weight is 312 g/mol. The number of nitrogens with zero attached hydrogens (tertiary/aromatic N) is 2. The Hall–Kier alpha value is -1.33. The van der Waals surface area contributed by atoms with Crippen molar-refractivity contribution in [2.24, 2.45) is 0 Å². The van der Waals surface area contributed by atoms with Gasteiger partial charge in [-0.3, -0.25) is 4.79 Å². The largest absolute Gasteiger partial charge is 0.372 e. The number of rotatable bonds is 4. The molecule has 0 aromatic carbocycles. The molecule has 116 valence electrons. The molecule has 0 saturated carbocycles. The van der Waals surface area contributed by atoms with Crippen LogP contribution >= 0.6 is 11.6 Å². The van der Waals surface area contributed by atoms with E-state index in [1.165, 1.54) is 0 Å². The van der Waals surface area contributed by atoms with Crippen molar-refractivity contribution in [1.29, 1.82) is 0 Å².